The van der Waals surface area contributed by atoms with Crippen molar-refractivity contribution in [3.05, 3.63) is 48.5 Å². The Morgan fingerprint density at radius 3 is 1.43 bits per heavy atom. The molecule has 2 saturated carbocycles. The van der Waals surface area contributed by atoms with E-state index in [1.807, 2.05) is 0 Å². The van der Waals surface area contributed by atoms with Crippen molar-refractivity contribution in [2.45, 2.75) is 86.1 Å². The minimum atomic E-state index is -3.85. The molecular weight excluding hydrogens is 464 g/mol. The molecule has 2 fully saturated rings. The maximum absolute atomic E-state index is 13.3. The number of rotatable bonds is 6. The lowest BCUT2D eigenvalue weighted by molar-refractivity contribution is 0.243. The van der Waals surface area contributed by atoms with Crippen LogP contribution in [0.1, 0.15) is 64.2 Å². The summed E-state index contributed by atoms with van der Waals surface area (Å²) < 4.78 is 26.6. The van der Waals surface area contributed by atoms with Crippen LogP contribution in [0.5, 0.6) is 0 Å². The third-order valence-corrected chi connectivity index (χ3v) is 8.43. The van der Waals surface area contributed by atoms with E-state index >= 15 is 0 Å². The van der Waals surface area contributed by atoms with E-state index in [2.05, 4.69) is 21.3 Å². The Labute approximate surface area is 207 Å². The van der Waals surface area contributed by atoms with Crippen molar-refractivity contribution in [2.24, 2.45) is 0 Å². The molecule has 0 unspecified atom stereocenters. The first-order chi connectivity index (χ1) is 16.9. The highest BCUT2D eigenvalue weighted by atomic mass is 32.2. The van der Waals surface area contributed by atoms with Gasteiger partial charge in [-0.15, -0.1) is 0 Å². The molecule has 0 saturated heterocycles. The van der Waals surface area contributed by atoms with Gasteiger partial charge in [-0.3, -0.25) is 0 Å². The van der Waals surface area contributed by atoms with Crippen LogP contribution in [0.3, 0.4) is 0 Å². The zero-order valence-electron chi connectivity index (χ0n) is 19.9. The molecule has 0 aromatic heterocycles. The normalized spacial score (nSPS) is 17.4. The minimum absolute atomic E-state index is 0.0665. The summed E-state index contributed by atoms with van der Waals surface area (Å²) in [7, 11) is -3.85. The van der Waals surface area contributed by atoms with Crippen molar-refractivity contribution in [3.63, 3.8) is 0 Å². The van der Waals surface area contributed by atoms with Gasteiger partial charge in [0, 0.05) is 23.5 Å². The Morgan fingerprint density at radius 2 is 1.03 bits per heavy atom. The van der Waals surface area contributed by atoms with E-state index in [0.717, 1.165) is 51.4 Å². The highest BCUT2D eigenvalue weighted by molar-refractivity contribution is 7.91. The van der Waals surface area contributed by atoms with Gasteiger partial charge in [0.1, 0.15) is 0 Å². The number of carbonyl (C=O) groups excluding carboxylic acids is 2. The molecule has 2 aromatic rings. The number of hydrogen-bond acceptors (Lipinski definition) is 4. The van der Waals surface area contributed by atoms with Crippen molar-refractivity contribution in [1.82, 2.24) is 10.6 Å². The predicted octanol–water partition coefficient (Wildman–Crippen LogP) is 5.43. The fourth-order valence-corrected chi connectivity index (χ4v) is 6.17. The van der Waals surface area contributed by atoms with Crippen LogP contribution < -0.4 is 21.3 Å². The summed E-state index contributed by atoms with van der Waals surface area (Å²) >= 11 is 0. The monoisotopic (exact) mass is 498 g/mol. The minimum Gasteiger partial charge on any atom is -0.335 e. The Bertz CT molecular complexity index is 1060. The Kier molecular flexibility index (Phi) is 8.28. The smallest absolute Gasteiger partial charge is 0.319 e. The quantitative estimate of drug-likeness (QED) is 0.425. The van der Waals surface area contributed by atoms with Crippen molar-refractivity contribution >= 4 is 33.3 Å². The van der Waals surface area contributed by atoms with E-state index < -0.39 is 9.84 Å². The van der Waals surface area contributed by atoms with Crippen LogP contribution in [0.2, 0.25) is 0 Å². The number of urea groups is 2. The zero-order chi connectivity index (χ0) is 24.7. The zero-order valence-corrected chi connectivity index (χ0v) is 20.7. The molecule has 0 bridgehead atoms. The molecule has 0 heterocycles. The molecule has 9 heteroatoms. The maximum atomic E-state index is 13.3. The van der Waals surface area contributed by atoms with Crippen LogP contribution in [-0.4, -0.2) is 32.6 Å². The largest absolute Gasteiger partial charge is 0.335 e. The highest BCUT2D eigenvalue weighted by Gasteiger charge is 2.21. The molecule has 4 rings (SSSR count). The first-order valence-corrected chi connectivity index (χ1v) is 14.0. The summed E-state index contributed by atoms with van der Waals surface area (Å²) in [5.41, 5.74) is 0.807. The SMILES string of the molecule is O=C(Nc1cccc(S(=O)(=O)c2cccc(NC(=O)NC3CCCCC3)c2)c1)NC1CCCCC1. The van der Waals surface area contributed by atoms with E-state index in [-0.39, 0.29) is 33.9 Å². The van der Waals surface area contributed by atoms with E-state index in [0.29, 0.717) is 11.4 Å². The van der Waals surface area contributed by atoms with Gasteiger partial charge in [0.25, 0.3) is 0 Å². The molecule has 4 N–H and O–H groups in total. The second-order valence-corrected chi connectivity index (χ2v) is 11.4. The van der Waals surface area contributed by atoms with Crippen molar-refractivity contribution in [3.8, 4) is 0 Å². The topological polar surface area (TPSA) is 116 Å². The maximum Gasteiger partial charge on any atom is 0.319 e. The third-order valence-electron chi connectivity index (χ3n) is 6.69. The summed E-state index contributed by atoms with van der Waals surface area (Å²) in [5.74, 6) is 0. The molecule has 2 aromatic carbocycles. The molecule has 188 valence electrons. The van der Waals surface area contributed by atoms with Crippen LogP contribution in [0, 0.1) is 0 Å². The van der Waals surface area contributed by atoms with Crippen LogP contribution in [0.4, 0.5) is 21.0 Å². The second kappa shape index (κ2) is 11.6. The Balaban J connectivity index is 1.41. The van der Waals surface area contributed by atoms with Crippen LogP contribution >= 0.6 is 0 Å². The molecule has 0 aliphatic heterocycles. The van der Waals surface area contributed by atoms with Crippen LogP contribution in [0.15, 0.2) is 58.3 Å². The molecule has 2 aliphatic carbocycles. The Hall–Kier alpha value is -3.07. The van der Waals surface area contributed by atoms with Crippen molar-refractivity contribution in [2.75, 3.05) is 10.6 Å². The molecule has 35 heavy (non-hydrogen) atoms. The molecule has 8 nitrogen and oxygen atoms in total. The Morgan fingerprint density at radius 1 is 0.629 bits per heavy atom. The van der Waals surface area contributed by atoms with Gasteiger partial charge in [-0.2, -0.15) is 0 Å². The van der Waals surface area contributed by atoms with Gasteiger partial charge in [-0.25, -0.2) is 18.0 Å². The van der Waals surface area contributed by atoms with Crippen LogP contribution in [-0.2, 0) is 9.84 Å². The van der Waals surface area contributed by atoms with E-state index in [4.69, 9.17) is 0 Å². The lowest BCUT2D eigenvalue weighted by Crippen LogP contribution is -2.39. The van der Waals surface area contributed by atoms with Crippen molar-refractivity contribution < 1.29 is 18.0 Å². The van der Waals surface area contributed by atoms with E-state index in [1.165, 1.54) is 37.1 Å². The number of nitrogens with one attached hydrogen (secondary N) is 4. The van der Waals surface area contributed by atoms with Gasteiger partial charge >= 0.3 is 12.1 Å². The number of benzene rings is 2. The molecule has 2 aliphatic rings. The number of hydrogen-bond donors (Lipinski definition) is 4. The summed E-state index contributed by atoms with van der Waals surface area (Å²) in [6.45, 7) is 0. The van der Waals surface area contributed by atoms with Crippen LogP contribution in [0.25, 0.3) is 0 Å². The van der Waals surface area contributed by atoms with Gasteiger partial charge in [0.15, 0.2) is 0 Å². The number of carbonyl (C=O) groups is 2. The molecule has 0 radical (unpaired) electrons. The standard InChI is InChI=1S/C26H34N4O4S/c31-25(27-19-9-3-1-4-10-19)29-21-13-7-15-23(17-21)35(33,34)24-16-8-14-22(18-24)30-26(32)28-20-11-5-2-6-12-20/h7-8,13-20H,1-6,9-12H2,(H2,27,29,31)(H2,28,30,32). The highest BCUT2D eigenvalue weighted by Crippen LogP contribution is 2.26. The lowest BCUT2D eigenvalue weighted by atomic mass is 9.96. The van der Waals surface area contributed by atoms with Gasteiger partial charge in [-0.1, -0.05) is 50.7 Å². The van der Waals surface area contributed by atoms with Gasteiger partial charge in [0.05, 0.1) is 9.79 Å². The number of sulfone groups is 1. The summed E-state index contributed by atoms with van der Waals surface area (Å²) in [5, 5.41) is 11.4. The average Bonchev–Trinajstić information content (AvgIpc) is 2.85. The molecule has 4 amide bonds. The average molecular weight is 499 g/mol. The molecule has 0 atom stereocenters. The van der Waals surface area contributed by atoms with Gasteiger partial charge < -0.3 is 21.3 Å². The second-order valence-electron chi connectivity index (χ2n) is 9.43. The summed E-state index contributed by atoms with van der Waals surface area (Å²) in [4.78, 5) is 24.9. The molecular formula is C26H34N4O4S. The lowest BCUT2D eigenvalue weighted by Gasteiger charge is -2.23. The predicted molar refractivity (Wildman–Crippen MR) is 136 cm³/mol. The van der Waals surface area contributed by atoms with Crippen molar-refractivity contribution in [1.29, 1.82) is 0 Å². The summed E-state index contributed by atoms with van der Waals surface area (Å²) in [6.07, 6.45) is 10.7. The van der Waals surface area contributed by atoms with E-state index in [9.17, 15) is 18.0 Å². The summed E-state index contributed by atoms with van der Waals surface area (Å²) in [6, 6.07) is 12.1. The third kappa shape index (κ3) is 6.97. The molecule has 0 spiro atoms. The van der Waals surface area contributed by atoms with E-state index in [1.54, 1.807) is 24.3 Å². The van der Waals surface area contributed by atoms with Gasteiger partial charge in [-0.05, 0) is 62.1 Å². The number of amides is 4. The first kappa shape index (κ1) is 25.0. The first-order valence-electron chi connectivity index (χ1n) is 12.5. The van der Waals surface area contributed by atoms with Gasteiger partial charge in [0.2, 0.25) is 9.84 Å². The fourth-order valence-electron chi connectivity index (χ4n) is 4.82. The fraction of sp³-hybridized carbons (Fsp3) is 0.462. The number of anilines is 2.